The highest BCUT2D eigenvalue weighted by molar-refractivity contribution is 5.94. The quantitative estimate of drug-likeness (QED) is 0.0996. The average molecular weight is 1060 g/mol. The number of aliphatic hydroxyl groups is 3. The number of carbonyl (C=O) groups excluding carboxylic acids is 3. The fourth-order valence-electron chi connectivity index (χ4n) is 24.7. The number of nitrogens with zero attached hydrogens (tertiary/aromatic N) is 1. The molecule has 13 heteroatoms. The van der Waals surface area contributed by atoms with E-state index >= 15 is 14.4 Å². The molecule has 15 aliphatic rings. The Bertz CT molecular complexity index is 2690. The van der Waals surface area contributed by atoms with Gasteiger partial charge >= 0.3 is 11.9 Å². The Kier molecular flexibility index (Phi) is 10.8. The highest BCUT2D eigenvalue weighted by Gasteiger charge is 2.98. The molecular formula is C64H86N2O11. The van der Waals surface area contributed by atoms with Gasteiger partial charge in [0.05, 0.1) is 48.5 Å². The van der Waals surface area contributed by atoms with Crippen LogP contribution in [0.2, 0.25) is 0 Å². The first-order chi connectivity index (χ1) is 37.2. The van der Waals surface area contributed by atoms with E-state index in [-0.39, 0.29) is 66.4 Å². The van der Waals surface area contributed by atoms with Gasteiger partial charge in [-0.1, -0.05) is 83.8 Å². The lowest BCUT2D eigenvalue weighted by Crippen LogP contribution is -2.82. The lowest BCUT2D eigenvalue weighted by Gasteiger charge is -2.72. The molecule has 13 nitrogen and oxygen atoms in total. The van der Waals surface area contributed by atoms with E-state index in [1.807, 2.05) is 6.07 Å². The van der Waals surface area contributed by atoms with Crippen molar-refractivity contribution in [1.82, 2.24) is 10.2 Å². The van der Waals surface area contributed by atoms with Crippen LogP contribution in [0.4, 0.5) is 0 Å². The minimum atomic E-state index is -1.45. The topological polar surface area (TPSA) is 181 Å². The molecule has 0 radical (unpaired) electrons. The SMILES string of the molecule is CC(CC1C=C2CC3CCCC34CC3CC5(C)C(c6ccoc6CC(C(O)CO)C6CCC7C(C=CN8CNCC78)C6)OC(=O)C6OC65C5(C6CCCCC6)C(O)C(=O)C6C1(C)OC21C4C(=O)OCC61C35)C1CCCCC1. The number of cyclic esters (lactones) is 2. The van der Waals surface area contributed by atoms with Gasteiger partial charge in [0, 0.05) is 41.3 Å². The molecule has 0 aromatic carbocycles. The Morgan fingerprint density at radius 3 is 2.49 bits per heavy atom. The summed E-state index contributed by atoms with van der Waals surface area (Å²) in [5, 5.41) is 40.4. The monoisotopic (exact) mass is 1060 g/mol. The first-order valence-corrected chi connectivity index (χ1v) is 31.4. The summed E-state index contributed by atoms with van der Waals surface area (Å²) >= 11 is 0. The van der Waals surface area contributed by atoms with Crippen LogP contribution in [0.1, 0.15) is 167 Å². The zero-order chi connectivity index (χ0) is 52.4. The molecule has 5 bridgehead atoms. The van der Waals surface area contributed by atoms with Crippen LogP contribution in [0.3, 0.4) is 0 Å². The molecule has 8 saturated carbocycles. The Morgan fingerprint density at radius 1 is 0.896 bits per heavy atom. The average Bonchev–Trinajstić information content (AvgIpc) is 1.74. The number of epoxide rings is 1. The number of hydrogen-bond acceptors (Lipinski definition) is 13. The van der Waals surface area contributed by atoms with Crippen LogP contribution in [0.15, 0.2) is 40.7 Å². The fraction of sp³-hybridized carbons (Fsp3) is 0.828. The molecule has 13 fully saturated rings. The minimum Gasteiger partial charge on any atom is -0.469 e. The number of nitrogens with one attached hydrogen (secondary N) is 1. The number of allylic oxidation sites excluding steroid dienone is 1. The van der Waals surface area contributed by atoms with Crippen LogP contribution in [-0.4, -0.2) is 106 Å². The third kappa shape index (κ3) is 5.87. The van der Waals surface area contributed by atoms with Gasteiger partial charge in [0.25, 0.3) is 0 Å². The van der Waals surface area contributed by atoms with Crippen LogP contribution in [0.25, 0.3) is 0 Å². The fourth-order valence-corrected chi connectivity index (χ4v) is 24.7. The van der Waals surface area contributed by atoms with Gasteiger partial charge in [0.15, 0.2) is 11.9 Å². The molecule has 23 unspecified atom stereocenters. The van der Waals surface area contributed by atoms with Crippen LogP contribution < -0.4 is 5.32 Å². The summed E-state index contributed by atoms with van der Waals surface area (Å²) in [6, 6.07) is 2.43. The zero-order valence-electron chi connectivity index (χ0n) is 46.0. The van der Waals surface area contributed by atoms with Crippen LogP contribution in [0, 0.1) is 98.6 Å². The van der Waals surface area contributed by atoms with E-state index < -0.39 is 80.7 Å². The maximum absolute atomic E-state index is 16.9. The Balaban J connectivity index is 0.854. The molecule has 7 aliphatic heterocycles. The predicted octanol–water partition coefficient (Wildman–Crippen LogP) is 8.53. The van der Waals surface area contributed by atoms with Gasteiger partial charge < -0.3 is 43.6 Å². The van der Waals surface area contributed by atoms with Crippen molar-refractivity contribution >= 4 is 17.7 Å². The van der Waals surface area contributed by atoms with Crippen molar-refractivity contribution in [3.8, 4) is 0 Å². The van der Waals surface area contributed by atoms with Gasteiger partial charge in [-0.05, 0) is 160 Å². The van der Waals surface area contributed by atoms with Crippen molar-refractivity contribution in [3.63, 3.8) is 0 Å². The molecule has 4 spiro atoms. The van der Waals surface area contributed by atoms with E-state index in [2.05, 4.69) is 49.3 Å². The largest absolute Gasteiger partial charge is 0.469 e. The minimum absolute atomic E-state index is 0.0693. The molecule has 4 N–H and O–H groups in total. The maximum Gasteiger partial charge on any atom is 0.339 e. The van der Waals surface area contributed by atoms with Crippen molar-refractivity contribution in [3.05, 3.63) is 47.6 Å². The number of furan rings is 1. The van der Waals surface area contributed by atoms with Crippen molar-refractivity contribution in [2.75, 3.05) is 26.4 Å². The Morgan fingerprint density at radius 2 is 1.69 bits per heavy atom. The lowest BCUT2D eigenvalue weighted by molar-refractivity contribution is -0.300. The molecule has 5 saturated heterocycles. The van der Waals surface area contributed by atoms with Crippen molar-refractivity contribution < 1.29 is 53.1 Å². The van der Waals surface area contributed by atoms with Crippen molar-refractivity contribution in [2.24, 2.45) is 98.6 Å². The molecule has 16 rings (SSSR count). The second-order valence-corrected chi connectivity index (χ2v) is 29.5. The lowest BCUT2D eigenvalue weighted by atomic mass is 9.30. The van der Waals surface area contributed by atoms with E-state index in [1.54, 1.807) is 6.26 Å². The number of Topliss-reactive ketones (excluding diaryl/α,β-unsaturated/α-hetero) is 1. The third-order valence-electron chi connectivity index (χ3n) is 27.2. The third-order valence-corrected chi connectivity index (χ3v) is 27.2. The standard InChI is InChI=1S/C64H86N2O11/c1-34(35-11-6-4-7-12-35)23-41-26-42-25-40-15-10-20-60(40)29-38-28-58(2)54(44-19-22-73-48(44)27-45(47(68)31-67)36-16-17-43-37(24-36)18-21-66-33-65-30-46(43)66)75-57(72)55-64(58,76-55)62(39-13-8-5-9-14-39)50(38)61-32-74-56(71)52(60)63(42,61)77-59(41,3)51(61)49(69)53(62)70/h18-19,21-22,26,34-41,43,45-47,50-55,65,67-68,70H,4-17,20,23-25,27-33H2,1-3H3. The second kappa shape index (κ2) is 16.8. The highest BCUT2D eigenvalue weighted by Crippen LogP contribution is 2.90. The Hall–Kier alpha value is -3.07. The zero-order valence-corrected chi connectivity index (χ0v) is 46.0. The summed E-state index contributed by atoms with van der Waals surface area (Å²) < 4.78 is 36.1. The molecule has 23 atom stereocenters. The highest BCUT2D eigenvalue weighted by atomic mass is 16.7. The van der Waals surface area contributed by atoms with Gasteiger partial charge in [-0.3, -0.25) is 14.9 Å². The van der Waals surface area contributed by atoms with Gasteiger partial charge in [0.2, 0.25) is 0 Å². The van der Waals surface area contributed by atoms with Gasteiger partial charge in [-0.2, -0.15) is 0 Å². The first-order valence-electron chi connectivity index (χ1n) is 31.4. The normalized spacial score (nSPS) is 51.9. The molecule has 77 heavy (non-hydrogen) atoms. The summed E-state index contributed by atoms with van der Waals surface area (Å²) in [6.45, 7) is 8.45. The number of esters is 2. The van der Waals surface area contributed by atoms with Crippen molar-refractivity contribution in [2.45, 2.75) is 203 Å². The Labute approximate surface area is 454 Å². The van der Waals surface area contributed by atoms with Crippen LogP contribution in [-0.2, 0) is 39.8 Å². The van der Waals surface area contributed by atoms with E-state index in [0.29, 0.717) is 48.3 Å². The molecule has 1 aromatic heterocycles. The number of carbonyl (C=O) groups is 3. The summed E-state index contributed by atoms with van der Waals surface area (Å²) in [6.07, 6.45) is 24.8. The maximum atomic E-state index is 16.9. The number of ketones is 1. The number of fused-ring (bicyclic) bond motifs is 5. The van der Waals surface area contributed by atoms with Crippen LogP contribution >= 0.6 is 0 Å². The summed E-state index contributed by atoms with van der Waals surface area (Å²) in [4.78, 5) is 50.2. The van der Waals surface area contributed by atoms with Crippen molar-refractivity contribution in [1.29, 1.82) is 0 Å². The van der Waals surface area contributed by atoms with E-state index in [0.717, 1.165) is 109 Å². The molecular weight excluding hydrogens is 973 g/mol. The smallest absolute Gasteiger partial charge is 0.339 e. The van der Waals surface area contributed by atoms with Crippen LogP contribution in [0.5, 0.6) is 0 Å². The molecule has 1 aromatic rings. The number of aliphatic hydroxyl groups excluding tert-OH is 3. The summed E-state index contributed by atoms with van der Waals surface area (Å²) in [5.74, 6) is -0.106. The van der Waals surface area contributed by atoms with E-state index in [4.69, 9.17) is 23.4 Å². The summed E-state index contributed by atoms with van der Waals surface area (Å²) in [5.41, 5.74) is -4.96. The number of ether oxygens (including phenoxy) is 4. The van der Waals surface area contributed by atoms with E-state index in [9.17, 15) is 15.3 Å². The van der Waals surface area contributed by atoms with Gasteiger partial charge in [0.1, 0.15) is 35.8 Å². The van der Waals surface area contributed by atoms with E-state index in [1.165, 1.54) is 37.7 Å². The second-order valence-electron chi connectivity index (χ2n) is 29.5. The molecule has 8 aliphatic carbocycles. The number of rotatable bonds is 10. The molecule has 0 amide bonds. The number of hydrogen-bond donors (Lipinski definition) is 4. The van der Waals surface area contributed by atoms with Gasteiger partial charge in [-0.15, -0.1) is 0 Å². The molecule has 8 heterocycles. The predicted molar refractivity (Wildman–Crippen MR) is 281 cm³/mol. The van der Waals surface area contributed by atoms with Gasteiger partial charge in [-0.25, -0.2) is 4.79 Å². The first kappa shape index (κ1) is 49.7. The summed E-state index contributed by atoms with van der Waals surface area (Å²) in [7, 11) is 0. The molecule has 418 valence electrons.